The van der Waals surface area contributed by atoms with Gasteiger partial charge in [0.2, 0.25) is 5.91 Å². The van der Waals surface area contributed by atoms with Gasteiger partial charge in [0.25, 0.3) is 0 Å². The highest BCUT2D eigenvalue weighted by Gasteiger charge is 2.40. The average Bonchev–Trinajstić information content (AvgIpc) is 2.37. The molecule has 0 aliphatic carbocycles. The lowest BCUT2D eigenvalue weighted by atomic mass is 9.80. The number of hydrogen-bond donors (Lipinski definition) is 2. The Morgan fingerprint density at radius 1 is 1.59 bits per heavy atom. The number of nitrogens with one attached hydrogen (secondary N) is 1. The summed E-state index contributed by atoms with van der Waals surface area (Å²) in [6.45, 7) is 2.94. The molecule has 1 saturated heterocycles. The third-order valence-electron chi connectivity index (χ3n) is 3.17. The zero-order valence-corrected chi connectivity index (χ0v) is 10.2. The molecule has 5 heteroatoms. The number of aliphatic hydroxyl groups is 1. The van der Waals surface area contributed by atoms with Gasteiger partial charge in [0.15, 0.2) is 0 Å². The molecule has 1 rings (SSSR count). The summed E-state index contributed by atoms with van der Waals surface area (Å²) in [6, 6.07) is 2.13. The van der Waals surface area contributed by atoms with Crippen LogP contribution in [0.25, 0.3) is 0 Å². The SMILES string of the molecule is CC(CCCO)NC(=O)C1(C#N)CCOCC1. The van der Waals surface area contributed by atoms with Crippen molar-refractivity contribution in [2.45, 2.75) is 38.6 Å². The molecule has 5 nitrogen and oxygen atoms in total. The number of nitrogens with zero attached hydrogens (tertiary/aromatic N) is 1. The molecule has 2 N–H and O–H groups in total. The first kappa shape index (κ1) is 13.9. The van der Waals surface area contributed by atoms with E-state index in [1.807, 2.05) is 6.92 Å². The van der Waals surface area contributed by atoms with E-state index in [2.05, 4.69) is 11.4 Å². The van der Waals surface area contributed by atoms with E-state index >= 15 is 0 Å². The Kier molecular flexibility index (Phi) is 5.39. The highest BCUT2D eigenvalue weighted by molar-refractivity contribution is 5.85. The lowest BCUT2D eigenvalue weighted by Gasteiger charge is -2.30. The predicted molar refractivity (Wildman–Crippen MR) is 62.0 cm³/mol. The third kappa shape index (κ3) is 3.69. The van der Waals surface area contributed by atoms with Gasteiger partial charge in [0, 0.05) is 25.9 Å². The molecule has 1 aliphatic rings. The highest BCUT2D eigenvalue weighted by atomic mass is 16.5. The molecule has 0 aromatic heterocycles. The van der Waals surface area contributed by atoms with Crippen LogP contribution in [0, 0.1) is 16.7 Å². The van der Waals surface area contributed by atoms with E-state index in [0.717, 1.165) is 6.42 Å². The van der Waals surface area contributed by atoms with Gasteiger partial charge in [-0.1, -0.05) is 0 Å². The Bertz CT molecular complexity index is 293. The maximum atomic E-state index is 12.1. The van der Waals surface area contributed by atoms with Gasteiger partial charge in [-0.25, -0.2) is 0 Å². The van der Waals surface area contributed by atoms with Gasteiger partial charge in [-0.05, 0) is 32.6 Å². The van der Waals surface area contributed by atoms with Gasteiger partial charge in [0.05, 0.1) is 6.07 Å². The van der Waals surface area contributed by atoms with Crippen LogP contribution < -0.4 is 5.32 Å². The Hall–Kier alpha value is -1.12. The van der Waals surface area contributed by atoms with Gasteiger partial charge in [0.1, 0.15) is 5.41 Å². The second kappa shape index (κ2) is 6.58. The maximum Gasteiger partial charge on any atom is 0.240 e. The molecule has 17 heavy (non-hydrogen) atoms. The Morgan fingerprint density at radius 3 is 2.76 bits per heavy atom. The first-order chi connectivity index (χ1) is 8.14. The number of aliphatic hydroxyl groups excluding tert-OH is 1. The topological polar surface area (TPSA) is 82.4 Å². The zero-order chi connectivity index (χ0) is 12.7. The van der Waals surface area contributed by atoms with Crippen molar-refractivity contribution >= 4 is 5.91 Å². The van der Waals surface area contributed by atoms with E-state index in [0.29, 0.717) is 32.5 Å². The van der Waals surface area contributed by atoms with E-state index < -0.39 is 5.41 Å². The highest BCUT2D eigenvalue weighted by Crippen LogP contribution is 2.30. The Labute approximate surface area is 102 Å². The molecule has 0 bridgehead atoms. The largest absolute Gasteiger partial charge is 0.396 e. The van der Waals surface area contributed by atoms with Crippen LogP contribution in [-0.2, 0) is 9.53 Å². The van der Waals surface area contributed by atoms with E-state index in [9.17, 15) is 10.1 Å². The molecule has 0 spiro atoms. The van der Waals surface area contributed by atoms with Crippen molar-refractivity contribution in [2.24, 2.45) is 5.41 Å². The predicted octanol–water partition coefficient (Wildman–Crippen LogP) is 0.584. The summed E-state index contributed by atoms with van der Waals surface area (Å²) < 4.78 is 5.18. The van der Waals surface area contributed by atoms with Crippen LogP contribution in [0.2, 0.25) is 0 Å². The van der Waals surface area contributed by atoms with Gasteiger partial charge < -0.3 is 15.2 Å². The smallest absolute Gasteiger partial charge is 0.240 e. The molecule has 1 atom stereocenters. The van der Waals surface area contributed by atoms with Crippen LogP contribution in [0.3, 0.4) is 0 Å². The summed E-state index contributed by atoms with van der Waals surface area (Å²) in [5, 5.41) is 20.8. The fraction of sp³-hybridized carbons (Fsp3) is 0.833. The molecule has 0 radical (unpaired) electrons. The summed E-state index contributed by atoms with van der Waals surface area (Å²) in [5.41, 5.74) is -0.925. The second-order valence-corrected chi connectivity index (χ2v) is 4.55. The standard InChI is InChI=1S/C12H20N2O3/c1-10(3-2-6-15)14-11(16)12(9-13)4-7-17-8-5-12/h10,15H,2-8H2,1H3,(H,14,16). The first-order valence-corrected chi connectivity index (χ1v) is 6.05. The monoisotopic (exact) mass is 240 g/mol. The second-order valence-electron chi connectivity index (χ2n) is 4.55. The van der Waals surface area contributed by atoms with Crippen molar-refractivity contribution in [1.29, 1.82) is 5.26 Å². The van der Waals surface area contributed by atoms with E-state index in [1.165, 1.54) is 0 Å². The Balaban J connectivity index is 2.52. The summed E-state index contributed by atoms with van der Waals surface area (Å²) in [5.74, 6) is -0.200. The van der Waals surface area contributed by atoms with Crippen LogP contribution in [0.15, 0.2) is 0 Å². The normalized spacial score (nSPS) is 20.3. The molecule has 1 aliphatic heterocycles. The van der Waals surface area contributed by atoms with Crippen molar-refractivity contribution in [3.63, 3.8) is 0 Å². The minimum atomic E-state index is -0.925. The van der Waals surface area contributed by atoms with Crippen LogP contribution in [0.5, 0.6) is 0 Å². The molecule has 1 fully saturated rings. The van der Waals surface area contributed by atoms with E-state index in [1.54, 1.807) is 0 Å². The van der Waals surface area contributed by atoms with Crippen molar-refractivity contribution in [3.8, 4) is 6.07 Å². The number of hydrogen-bond acceptors (Lipinski definition) is 4. The summed E-state index contributed by atoms with van der Waals surface area (Å²) in [4.78, 5) is 12.1. The molecule has 0 saturated carbocycles. The van der Waals surface area contributed by atoms with Gasteiger partial charge in [-0.2, -0.15) is 5.26 Å². The van der Waals surface area contributed by atoms with Gasteiger partial charge in [-0.3, -0.25) is 4.79 Å². The number of ether oxygens (including phenoxy) is 1. The lowest BCUT2D eigenvalue weighted by Crippen LogP contribution is -2.46. The molecule has 1 amide bonds. The summed E-state index contributed by atoms with van der Waals surface area (Å²) in [7, 11) is 0. The zero-order valence-electron chi connectivity index (χ0n) is 10.2. The fourth-order valence-electron chi connectivity index (χ4n) is 1.94. The molecule has 96 valence electrons. The minimum Gasteiger partial charge on any atom is -0.396 e. The molecule has 0 aromatic rings. The van der Waals surface area contributed by atoms with Crippen LogP contribution in [0.4, 0.5) is 0 Å². The molecule has 1 unspecified atom stereocenters. The minimum absolute atomic E-state index is 0.0114. The van der Waals surface area contributed by atoms with Crippen LogP contribution in [-0.4, -0.2) is 36.9 Å². The third-order valence-corrected chi connectivity index (χ3v) is 3.17. The Morgan fingerprint density at radius 2 is 2.24 bits per heavy atom. The molecule has 0 aromatic carbocycles. The van der Waals surface area contributed by atoms with Crippen molar-refractivity contribution in [2.75, 3.05) is 19.8 Å². The quantitative estimate of drug-likeness (QED) is 0.736. The first-order valence-electron chi connectivity index (χ1n) is 6.05. The van der Waals surface area contributed by atoms with E-state index in [4.69, 9.17) is 9.84 Å². The number of rotatable bonds is 5. The molecular formula is C12H20N2O3. The fourth-order valence-corrected chi connectivity index (χ4v) is 1.94. The molecular weight excluding hydrogens is 220 g/mol. The average molecular weight is 240 g/mol. The number of carbonyl (C=O) groups excluding carboxylic acids is 1. The lowest BCUT2D eigenvalue weighted by molar-refractivity contribution is -0.133. The van der Waals surface area contributed by atoms with Gasteiger partial charge >= 0.3 is 0 Å². The maximum absolute atomic E-state index is 12.1. The van der Waals surface area contributed by atoms with E-state index in [-0.39, 0.29) is 18.6 Å². The van der Waals surface area contributed by atoms with Crippen molar-refractivity contribution in [1.82, 2.24) is 5.32 Å². The van der Waals surface area contributed by atoms with Crippen molar-refractivity contribution in [3.05, 3.63) is 0 Å². The summed E-state index contributed by atoms with van der Waals surface area (Å²) in [6.07, 6.45) is 2.30. The van der Waals surface area contributed by atoms with Crippen molar-refractivity contribution < 1.29 is 14.6 Å². The number of nitriles is 1. The van der Waals surface area contributed by atoms with Gasteiger partial charge in [-0.15, -0.1) is 0 Å². The number of carbonyl (C=O) groups is 1. The van der Waals surface area contributed by atoms with Crippen LogP contribution >= 0.6 is 0 Å². The number of amides is 1. The molecule has 1 heterocycles. The summed E-state index contributed by atoms with van der Waals surface area (Å²) >= 11 is 0. The van der Waals surface area contributed by atoms with Crippen LogP contribution in [0.1, 0.15) is 32.6 Å².